The van der Waals surface area contributed by atoms with Gasteiger partial charge in [0, 0.05) is 31.7 Å². The van der Waals surface area contributed by atoms with E-state index < -0.39 is 11.5 Å². The second-order valence-corrected chi connectivity index (χ2v) is 6.46. The van der Waals surface area contributed by atoms with Crippen LogP contribution in [0.4, 0.5) is 0 Å². The number of aliphatic carboxylic acids is 1. The predicted octanol–water partition coefficient (Wildman–Crippen LogP) is 0.737. The molecule has 0 aromatic heterocycles. The molecule has 2 saturated heterocycles. The zero-order chi connectivity index (χ0) is 14.0. The normalized spacial score (nSPS) is 32.6. The molecule has 110 valence electrons. The Balaban J connectivity index is 1.88. The number of piperidine rings is 1. The van der Waals surface area contributed by atoms with E-state index in [0.717, 1.165) is 19.6 Å². The lowest BCUT2D eigenvalue weighted by atomic mass is 9.95. The quantitative estimate of drug-likeness (QED) is 0.787. The molecule has 0 aliphatic carbocycles. The van der Waals surface area contributed by atoms with Gasteiger partial charge in [-0.2, -0.15) is 0 Å². The van der Waals surface area contributed by atoms with Gasteiger partial charge in [-0.05, 0) is 39.7 Å². The molecule has 5 nitrogen and oxygen atoms in total. The lowest BCUT2D eigenvalue weighted by molar-refractivity contribution is -0.143. The molecule has 3 N–H and O–H groups in total. The van der Waals surface area contributed by atoms with E-state index in [1.165, 1.54) is 25.8 Å². The van der Waals surface area contributed by atoms with Gasteiger partial charge in [-0.25, -0.2) is 0 Å². The van der Waals surface area contributed by atoms with Crippen LogP contribution in [0, 0.1) is 0 Å². The van der Waals surface area contributed by atoms with E-state index in [1.807, 2.05) is 0 Å². The molecule has 0 bridgehead atoms. The summed E-state index contributed by atoms with van der Waals surface area (Å²) in [6.45, 7) is 8.03. The highest BCUT2D eigenvalue weighted by molar-refractivity contribution is 5.77. The molecular formula is C14H27N3O2. The number of hydrogen-bond acceptors (Lipinski definition) is 4. The van der Waals surface area contributed by atoms with Crippen LogP contribution in [0.1, 0.15) is 39.5 Å². The maximum atomic E-state index is 11.1. The van der Waals surface area contributed by atoms with E-state index in [9.17, 15) is 4.79 Å². The fourth-order valence-electron chi connectivity index (χ4n) is 3.21. The Kier molecular flexibility index (Phi) is 4.48. The van der Waals surface area contributed by atoms with Crippen LogP contribution in [-0.2, 0) is 4.79 Å². The molecule has 0 aromatic rings. The number of carbonyl (C=O) groups is 1. The van der Waals surface area contributed by atoms with Gasteiger partial charge in [0.1, 0.15) is 5.54 Å². The molecule has 19 heavy (non-hydrogen) atoms. The topological polar surface area (TPSA) is 69.8 Å². The van der Waals surface area contributed by atoms with E-state index >= 15 is 0 Å². The predicted molar refractivity (Wildman–Crippen MR) is 75.1 cm³/mol. The van der Waals surface area contributed by atoms with E-state index in [2.05, 4.69) is 16.7 Å². The summed E-state index contributed by atoms with van der Waals surface area (Å²) in [5, 5.41) is 9.07. The summed E-state index contributed by atoms with van der Waals surface area (Å²) in [6.07, 6.45) is 4.44. The van der Waals surface area contributed by atoms with Crippen molar-refractivity contribution in [1.82, 2.24) is 9.80 Å². The average Bonchev–Trinajstić information content (AvgIpc) is 2.36. The van der Waals surface area contributed by atoms with Crippen LogP contribution < -0.4 is 5.73 Å². The summed E-state index contributed by atoms with van der Waals surface area (Å²) in [4.78, 5) is 16.1. The highest BCUT2D eigenvalue weighted by Gasteiger charge is 2.35. The zero-order valence-corrected chi connectivity index (χ0v) is 12.1. The van der Waals surface area contributed by atoms with E-state index in [4.69, 9.17) is 10.8 Å². The number of carboxylic acids is 1. The number of nitrogens with zero attached hydrogens (tertiary/aromatic N) is 2. The summed E-state index contributed by atoms with van der Waals surface area (Å²) in [5.41, 5.74) is 4.71. The maximum absolute atomic E-state index is 11.1. The Hall–Kier alpha value is -0.650. The summed E-state index contributed by atoms with van der Waals surface area (Å²) >= 11 is 0. The number of fused-ring (bicyclic) bond motifs is 1. The second kappa shape index (κ2) is 5.77. The number of nitrogens with two attached hydrogens (primary N) is 1. The molecule has 5 heteroatoms. The van der Waals surface area contributed by atoms with Crippen LogP contribution in [0.3, 0.4) is 0 Å². The molecule has 2 aliphatic rings. The highest BCUT2D eigenvalue weighted by Crippen LogP contribution is 2.24. The minimum atomic E-state index is -1.11. The molecule has 2 fully saturated rings. The van der Waals surface area contributed by atoms with Gasteiger partial charge in [-0.1, -0.05) is 6.42 Å². The zero-order valence-electron chi connectivity index (χ0n) is 12.1. The average molecular weight is 269 g/mol. The van der Waals surface area contributed by atoms with E-state index in [-0.39, 0.29) is 0 Å². The van der Waals surface area contributed by atoms with Crippen LogP contribution in [-0.4, -0.2) is 64.7 Å². The molecule has 0 spiro atoms. The Labute approximate surface area is 115 Å². The fourth-order valence-corrected chi connectivity index (χ4v) is 3.21. The standard InChI is InChI=1S/C14H27N3O2/c1-11-9-17-7-4-3-5-12(17)10-16(11)8-6-14(2,15)13(18)19/h11-12H,3-10,15H2,1-2H3,(H,18,19). The molecule has 0 radical (unpaired) electrons. The lowest BCUT2D eigenvalue weighted by Gasteiger charge is -2.48. The molecular weight excluding hydrogens is 242 g/mol. The van der Waals surface area contributed by atoms with Gasteiger partial charge in [0.05, 0.1) is 0 Å². The van der Waals surface area contributed by atoms with Gasteiger partial charge in [-0.3, -0.25) is 14.6 Å². The summed E-state index contributed by atoms with van der Waals surface area (Å²) < 4.78 is 0. The van der Waals surface area contributed by atoms with Crippen LogP contribution >= 0.6 is 0 Å². The number of carboxylic acid groups (broad SMARTS) is 1. The first-order valence-electron chi connectivity index (χ1n) is 7.40. The van der Waals surface area contributed by atoms with Crippen molar-refractivity contribution in [2.24, 2.45) is 5.73 Å². The molecule has 2 aliphatic heterocycles. The number of piperazine rings is 1. The van der Waals surface area contributed by atoms with Gasteiger partial charge in [-0.15, -0.1) is 0 Å². The first kappa shape index (κ1) is 14.8. The van der Waals surface area contributed by atoms with Gasteiger partial charge in [0.25, 0.3) is 0 Å². The van der Waals surface area contributed by atoms with E-state index in [0.29, 0.717) is 18.5 Å². The van der Waals surface area contributed by atoms with Crippen LogP contribution in [0.15, 0.2) is 0 Å². The van der Waals surface area contributed by atoms with Crippen LogP contribution in [0.5, 0.6) is 0 Å². The third-order valence-electron chi connectivity index (χ3n) is 4.72. The third-order valence-corrected chi connectivity index (χ3v) is 4.72. The Morgan fingerprint density at radius 2 is 2.16 bits per heavy atom. The van der Waals surface area contributed by atoms with Crippen molar-refractivity contribution in [3.63, 3.8) is 0 Å². The Morgan fingerprint density at radius 3 is 2.84 bits per heavy atom. The van der Waals surface area contributed by atoms with Gasteiger partial charge < -0.3 is 10.8 Å². The van der Waals surface area contributed by atoms with Crippen molar-refractivity contribution in [2.75, 3.05) is 26.2 Å². The number of hydrogen-bond donors (Lipinski definition) is 2. The lowest BCUT2D eigenvalue weighted by Crippen LogP contribution is -2.59. The minimum Gasteiger partial charge on any atom is -0.480 e. The monoisotopic (exact) mass is 269 g/mol. The molecule has 2 heterocycles. The smallest absolute Gasteiger partial charge is 0.323 e. The molecule has 3 unspecified atom stereocenters. The highest BCUT2D eigenvalue weighted by atomic mass is 16.4. The summed E-state index contributed by atoms with van der Waals surface area (Å²) in [5.74, 6) is -0.906. The largest absolute Gasteiger partial charge is 0.480 e. The Bertz CT molecular complexity index is 333. The van der Waals surface area contributed by atoms with Gasteiger partial charge in [0.15, 0.2) is 0 Å². The molecule has 0 amide bonds. The first-order chi connectivity index (χ1) is 8.90. The maximum Gasteiger partial charge on any atom is 0.323 e. The summed E-state index contributed by atoms with van der Waals surface area (Å²) in [6, 6.07) is 1.16. The van der Waals surface area contributed by atoms with E-state index in [1.54, 1.807) is 6.92 Å². The van der Waals surface area contributed by atoms with Crippen molar-refractivity contribution in [3.8, 4) is 0 Å². The van der Waals surface area contributed by atoms with Crippen molar-refractivity contribution in [2.45, 2.75) is 57.2 Å². The van der Waals surface area contributed by atoms with Crippen molar-refractivity contribution in [1.29, 1.82) is 0 Å². The number of rotatable bonds is 4. The summed E-state index contributed by atoms with van der Waals surface area (Å²) in [7, 11) is 0. The molecule has 2 rings (SSSR count). The Morgan fingerprint density at radius 1 is 1.42 bits per heavy atom. The SMILES string of the molecule is CC1CN2CCCCC2CN1CCC(C)(N)C(=O)O. The van der Waals surface area contributed by atoms with Crippen molar-refractivity contribution < 1.29 is 9.90 Å². The fraction of sp³-hybridized carbons (Fsp3) is 0.929. The van der Waals surface area contributed by atoms with Crippen LogP contribution in [0.25, 0.3) is 0 Å². The van der Waals surface area contributed by atoms with Crippen molar-refractivity contribution >= 4 is 5.97 Å². The third kappa shape index (κ3) is 3.46. The molecule has 3 atom stereocenters. The second-order valence-electron chi connectivity index (χ2n) is 6.46. The van der Waals surface area contributed by atoms with Crippen LogP contribution in [0.2, 0.25) is 0 Å². The van der Waals surface area contributed by atoms with Gasteiger partial charge >= 0.3 is 5.97 Å². The molecule has 0 saturated carbocycles. The van der Waals surface area contributed by atoms with Crippen molar-refractivity contribution in [3.05, 3.63) is 0 Å². The first-order valence-corrected chi connectivity index (χ1v) is 7.40. The minimum absolute atomic E-state index is 0.499. The molecule has 0 aromatic carbocycles. The van der Waals surface area contributed by atoms with Gasteiger partial charge in [0.2, 0.25) is 0 Å².